The number of halogens is 1. The minimum Gasteiger partial charge on any atom is -0.490 e. The number of carbonyl (C=O) groups is 1. The van der Waals surface area contributed by atoms with Gasteiger partial charge in [0.2, 0.25) is 10.0 Å². The van der Waals surface area contributed by atoms with Gasteiger partial charge in [-0.05, 0) is 87.7 Å². The quantitative estimate of drug-likeness (QED) is 0.305. The summed E-state index contributed by atoms with van der Waals surface area (Å²) in [6, 6.07) is 17.8. The van der Waals surface area contributed by atoms with Crippen molar-refractivity contribution in [2.75, 3.05) is 38.1 Å². The fourth-order valence-corrected chi connectivity index (χ4v) is 7.78. The molecule has 262 valence electrons. The van der Waals surface area contributed by atoms with Gasteiger partial charge < -0.3 is 19.5 Å². The van der Waals surface area contributed by atoms with E-state index in [1.807, 2.05) is 13.8 Å². The fourth-order valence-electron chi connectivity index (χ4n) is 5.40. The van der Waals surface area contributed by atoms with E-state index in [-0.39, 0.29) is 58.5 Å². The number of ether oxygens (including phenoxy) is 2. The van der Waals surface area contributed by atoms with Crippen molar-refractivity contribution in [2.45, 2.75) is 68.1 Å². The molecule has 1 aliphatic heterocycles. The summed E-state index contributed by atoms with van der Waals surface area (Å²) in [5.41, 5.74) is 0.294. The molecule has 0 fully saturated rings. The SMILES string of the molecule is C[C@H](CO)N1C[C@H](C)[C@H](CN(C)S(=O)(=O)c2ccc(Cl)cc2)OCCCC[C@H](C)Oc2ccc(NS(=O)(=O)c3ccccc3)cc2C1=O. The largest absolute Gasteiger partial charge is 0.490 e. The normalized spacial score (nSPS) is 20.8. The summed E-state index contributed by atoms with van der Waals surface area (Å²) in [6.07, 6.45) is 1.24. The van der Waals surface area contributed by atoms with Crippen molar-refractivity contribution >= 4 is 43.2 Å². The van der Waals surface area contributed by atoms with E-state index in [0.717, 1.165) is 6.42 Å². The topological polar surface area (TPSA) is 143 Å². The Labute approximate surface area is 288 Å². The summed E-state index contributed by atoms with van der Waals surface area (Å²) in [4.78, 5) is 16.0. The van der Waals surface area contributed by atoms with E-state index in [4.69, 9.17) is 21.1 Å². The maximum absolute atomic E-state index is 14.3. The molecule has 1 heterocycles. The van der Waals surface area contributed by atoms with Gasteiger partial charge in [-0.25, -0.2) is 16.8 Å². The van der Waals surface area contributed by atoms with Gasteiger partial charge in [0.15, 0.2) is 0 Å². The maximum atomic E-state index is 14.3. The summed E-state index contributed by atoms with van der Waals surface area (Å²) in [5.74, 6) is -0.572. The smallest absolute Gasteiger partial charge is 0.261 e. The monoisotopic (exact) mass is 721 g/mol. The third kappa shape index (κ3) is 9.48. The second-order valence-corrected chi connectivity index (χ2v) is 16.3. The van der Waals surface area contributed by atoms with Crippen LogP contribution < -0.4 is 9.46 Å². The van der Waals surface area contributed by atoms with Crippen LogP contribution in [0.3, 0.4) is 0 Å². The van der Waals surface area contributed by atoms with Gasteiger partial charge in [-0.3, -0.25) is 9.52 Å². The van der Waals surface area contributed by atoms with Crippen LogP contribution in [-0.4, -0.2) is 88.7 Å². The molecule has 11 nitrogen and oxygen atoms in total. The van der Waals surface area contributed by atoms with Gasteiger partial charge >= 0.3 is 0 Å². The predicted octanol–water partition coefficient (Wildman–Crippen LogP) is 5.26. The van der Waals surface area contributed by atoms with E-state index in [9.17, 15) is 26.7 Å². The molecule has 48 heavy (non-hydrogen) atoms. The number of likely N-dealkylation sites (N-methyl/N-ethyl adjacent to an activating group) is 1. The standard InChI is InChI=1S/C34H44ClN3O8S2/c1-24-21-38(25(2)23-39)34(40)31-20-28(36-47(41,42)29-11-6-5-7-12-29)15-18-32(31)46-26(3)10-8-9-19-45-33(24)22-37(4)48(43,44)30-16-13-27(35)14-17-30/h5-7,11-18,20,24-26,33,36,39H,8-10,19,21-23H2,1-4H3/t24-,25+,26-,33-/m0/s1. The molecule has 14 heteroatoms. The lowest BCUT2D eigenvalue weighted by Gasteiger charge is -2.35. The highest BCUT2D eigenvalue weighted by Crippen LogP contribution is 2.30. The molecule has 0 spiro atoms. The van der Waals surface area contributed by atoms with Crippen molar-refractivity contribution < 1.29 is 36.2 Å². The predicted molar refractivity (Wildman–Crippen MR) is 185 cm³/mol. The highest BCUT2D eigenvalue weighted by Gasteiger charge is 2.32. The van der Waals surface area contributed by atoms with Crippen molar-refractivity contribution in [1.82, 2.24) is 9.21 Å². The second kappa shape index (κ2) is 16.5. The lowest BCUT2D eigenvalue weighted by Crippen LogP contribution is -2.48. The molecule has 4 rings (SSSR count). The minimum atomic E-state index is -3.95. The van der Waals surface area contributed by atoms with Crippen LogP contribution >= 0.6 is 11.6 Å². The Kier molecular flexibility index (Phi) is 12.9. The summed E-state index contributed by atoms with van der Waals surface area (Å²) >= 11 is 5.97. The van der Waals surface area contributed by atoms with Crippen molar-refractivity contribution in [2.24, 2.45) is 5.92 Å². The first kappa shape index (κ1) is 37.6. The highest BCUT2D eigenvalue weighted by molar-refractivity contribution is 7.92. The number of carbonyl (C=O) groups excluding carboxylic acids is 1. The number of sulfonamides is 2. The van der Waals surface area contributed by atoms with Gasteiger partial charge in [0, 0.05) is 43.4 Å². The molecule has 0 radical (unpaired) electrons. The number of hydrogen-bond acceptors (Lipinski definition) is 8. The number of rotatable bonds is 9. The summed E-state index contributed by atoms with van der Waals surface area (Å²) in [5, 5.41) is 10.6. The molecular weight excluding hydrogens is 678 g/mol. The first-order valence-corrected chi connectivity index (χ1v) is 19.2. The summed E-state index contributed by atoms with van der Waals surface area (Å²) < 4.78 is 69.3. The van der Waals surface area contributed by atoms with Crippen LogP contribution in [-0.2, 0) is 24.8 Å². The number of hydrogen-bond donors (Lipinski definition) is 2. The molecule has 2 N–H and O–H groups in total. The van der Waals surface area contributed by atoms with Gasteiger partial charge in [-0.1, -0.05) is 36.7 Å². The Morgan fingerprint density at radius 2 is 1.69 bits per heavy atom. The van der Waals surface area contributed by atoms with Crippen LogP contribution in [0.15, 0.2) is 82.6 Å². The molecule has 0 unspecified atom stereocenters. The zero-order valence-electron chi connectivity index (χ0n) is 27.6. The van der Waals surface area contributed by atoms with Crippen LogP contribution in [0.4, 0.5) is 5.69 Å². The Hall–Kier alpha value is -3.20. The highest BCUT2D eigenvalue weighted by atomic mass is 35.5. The van der Waals surface area contributed by atoms with Crippen LogP contribution in [0, 0.1) is 5.92 Å². The summed E-state index contributed by atoms with van der Waals surface area (Å²) in [7, 11) is -6.33. The zero-order valence-corrected chi connectivity index (χ0v) is 30.0. The third-order valence-electron chi connectivity index (χ3n) is 8.32. The van der Waals surface area contributed by atoms with Gasteiger partial charge in [0.1, 0.15) is 5.75 Å². The van der Waals surface area contributed by atoms with E-state index in [2.05, 4.69) is 4.72 Å². The Balaban J connectivity index is 1.67. The number of nitrogens with zero attached hydrogens (tertiary/aromatic N) is 2. The van der Waals surface area contributed by atoms with Crippen molar-refractivity contribution in [3.63, 3.8) is 0 Å². The first-order chi connectivity index (χ1) is 22.7. The van der Waals surface area contributed by atoms with Gasteiger partial charge in [-0.15, -0.1) is 0 Å². The van der Waals surface area contributed by atoms with Crippen molar-refractivity contribution in [3.8, 4) is 5.75 Å². The van der Waals surface area contributed by atoms with Crippen LogP contribution in [0.2, 0.25) is 5.02 Å². The number of aliphatic hydroxyl groups is 1. The number of amides is 1. The van der Waals surface area contributed by atoms with E-state index in [1.54, 1.807) is 37.3 Å². The van der Waals surface area contributed by atoms with Crippen LogP contribution in [0.25, 0.3) is 0 Å². The van der Waals surface area contributed by atoms with E-state index in [0.29, 0.717) is 24.5 Å². The Bertz CT molecular complexity index is 1740. The first-order valence-electron chi connectivity index (χ1n) is 15.9. The van der Waals surface area contributed by atoms with Gasteiger partial charge in [-0.2, -0.15) is 4.31 Å². The van der Waals surface area contributed by atoms with E-state index >= 15 is 0 Å². The molecule has 3 aromatic rings. The number of nitrogens with one attached hydrogen (secondary N) is 1. The average Bonchev–Trinajstić information content (AvgIpc) is 3.06. The summed E-state index contributed by atoms with van der Waals surface area (Å²) in [6.45, 7) is 5.61. The van der Waals surface area contributed by atoms with Crippen LogP contribution in [0.1, 0.15) is 50.4 Å². The molecule has 0 aromatic heterocycles. The number of aliphatic hydroxyl groups excluding tert-OH is 1. The minimum absolute atomic E-state index is 0.0170. The Morgan fingerprint density at radius 1 is 1.00 bits per heavy atom. The lowest BCUT2D eigenvalue weighted by molar-refractivity contribution is -0.00833. The number of benzene rings is 3. The van der Waals surface area contributed by atoms with E-state index in [1.165, 1.54) is 58.7 Å². The van der Waals surface area contributed by atoms with Gasteiger partial charge in [0.05, 0.1) is 40.2 Å². The zero-order chi connectivity index (χ0) is 35.1. The third-order valence-corrected chi connectivity index (χ3v) is 11.8. The lowest BCUT2D eigenvalue weighted by atomic mass is 10.0. The molecule has 3 aromatic carbocycles. The number of fused-ring (bicyclic) bond motifs is 1. The molecular formula is C34H44ClN3O8S2. The maximum Gasteiger partial charge on any atom is 0.261 e. The molecule has 0 saturated heterocycles. The molecule has 1 aliphatic rings. The molecule has 0 bridgehead atoms. The van der Waals surface area contributed by atoms with Crippen LogP contribution in [0.5, 0.6) is 5.75 Å². The fraction of sp³-hybridized carbons (Fsp3) is 0.441. The van der Waals surface area contributed by atoms with Gasteiger partial charge in [0.25, 0.3) is 15.9 Å². The average molecular weight is 722 g/mol. The molecule has 1 amide bonds. The molecule has 4 atom stereocenters. The Morgan fingerprint density at radius 3 is 2.35 bits per heavy atom. The molecule has 0 aliphatic carbocycles. The second-order valence-electron chi connectivity index (χ2n) is 12.2. The number of anilines is 1. The van der Waals surface area contributed by atoms with Crippen molar-refractivity contribution in [3.05, 3.63) is 83.4 Å². The van der Waals surface area contributed by atoms with Crippen molar-refractivity contribution in [1.29, 1.82) is 0 Å². The van der Waals surface area contributed by atoms with E-state index < -0.39 is 38.1 Å². The molecule has 0 saturated carbocycles.